The molecule has 3 rings (SSSR count). The molecule has 0 radical (unpaired) electrons. The number of carbonyl (C=O) groups excluding carboxylic acids is 3. The first-order valence-electron chi connectivity index (χ1n) is 38.3. The number of phosphoric acid groups is 1. The van der Waals surface area contributed by atoms with Gasteiger partial charge < -0.3 is 89.1 Å². The lowest BCUT2D eigenvalue weighted by molar-refractivity contribution is -0.360. The van der Waals surface area contributed by atoms with Crippen LogP contribution in [0.25, 0.3) is 0 Å². The highest BCUT2D eigenvalue weighted by molar-refractivity contribution is 7.47. The molecule has 97 heavy (non-hydrogen) atoms. The van der Waals surface area contributed by atoms with Crippen molar-refractivity contribution in [2.45, 2.75) is 414 Å². The molecule has 18 atom stereocenters. The standard InChI is InChI=1S/C72H135O24P/c1-4-7-10-13-16-19-22-24-26-28-30-33-35-38-41-44-47-57(75)89-52-55-60(78)62(80)67(85)72(93-55)95-69-65(83)63(81)64(82)68(94-71-66(84)61(79)59(77)54(49-73)92-71)70(69)96-97(86,87)90-51-53(91-58(76)48-45-42-39-36-31-21-18-15-12-9-6-3)50-88-56(74)46-43-40-37-34-32-29-27-25-23-20-17-14-11-8-5-2/h53-55,59-73,77-85H,4-52H2,1-3H3,(H,86,87). The second kappa shape index (κ2) is 54.6. The molecule has 0 spiro atoms. The molecule has 18 unspecified atom stereocenters. The predicted molar refractivity (Wildman–Crippen MR) is 365 cm³/mol. The minimum Gasteiger partial charge on any atom is -0.463 e. The second-order valence-electron chi connectivity index (χ2n) is 27.7. The van der Waals surface area contributed by atoms with Crippen LogP contribution in [0.4, 0.5) is 0 Å². The van der Waals surface area contributed by atoms with E-state index in [0.29, 0.717) is 19.3 Å². The Hall–Kier alpha value is -2.04. The van der Waals surface area contributed by atoms with Crippen LogP contribution in [0, 0.1) is 0 Å². The molecule has 2 saturated heterocycles. The van der Waals surface area contributed by atoms with Gasteiger partial charge in [0, 0.05) is 19.3 Å². The first-order chi connectivity index (χ1) is 46.8. The number of esters is 3. The molecule has 25 heteroatoms. The number of carbonyl (C=O) groups is 3. The monoisotopic (exact) mass is 1410 g/mol. The largest absolute Gasteiger partial charge is 0.472 e. The summed E-state index contributed by atoms with van der Waals surface area (Å²) in [7, 11) is -5.69. The molecule has 1 aliphatic carbocycles. The molecule has 0 amide bonds. The molecule has 3 aliphatic rings. The second-order valence-corrected chi connectivity index (χ2v) is 29.1. The number of aliphatic hydroxyl groups is 10. The average Bonchev–Trinajstić information content (AvgIpc) is 0.763. The van der Waals surface area contributed by atoms with Crippen molar-refractivity contribution >= 4 is 25.7 Å². The third kappa shape index (κ3) is 37.8. The number of ether oxygens (including phenoxy) is 7. The van der Waals surface area contributed by atoms with E-state index in [4.69, 9.17) is 42.2 Å². The highest BCUT2D eigenvalue weighted by Gasteiger charge is 2.58. The summed E-state index contributed by atoms with van der Waals surface area (Å²) in [6.07, 6.45) is 11.7. The van der Waals surface area contributed by atoms with E-state index in [0.717, 1.165) is 89.9 Å². The SMILES string of the molecule is CCCCCCCCCCCCCCCCCCC(=O)OCC1OC(OC2C(O)C(O)C(O)C(OC3OC(CO)C(O)C(O)C3O)C2OP(=O)(O)OCC(COC(=O)CCCCCCCCCCCCCCCCC)OC(=O)CCCCCCCCCCCCC)C(O)C(O)C1O. The molecule has 1 saturated carbocycles. The van der Waals surface area contributed by atoms with Crippen molar-refractivity contribution < 1.29 is 117 Å². The third-order valence-corrected chi connectivity index (χ3v) is 20.1. The van der Waals surface area contributed by atoms with E-state index in [9.17, 15) is 74.9 Å². The summed E-state index contributed by atoms with van der Waals surface area (Å²) < 4.78 is 65.0. The first-order valence-corrected chi connectivity index (χ1v) is 39.8. The molecule has 2 aliphatic heterocycles. The summed E-state index contributed by atoms with van der Waals surface area (Å²) >= 11 is 0. The molecular weight excluding hydrogens is 1280 g/mol. The van der Waals surface area contributed by atoms with Crippen molar-refractivity contribution in [3.63, 3.8) is 0 Å². The van der Waals surface area contributed by atoms with E-state index in [2.05, 4.69) is 20.8 Å². The molecule has 2 heterocycles. The van der Waals surface area contributed by atoms with Gasteiger partial charge in [0.15, 0.2) is 18.7 Å². The summed E-state index contributed by atoms with van der Waals surface area (Å²) in [4.78, 5) is 51.0. The summed E-state index contributed by atoms with van der Waals surface area (Å²) in [5, 5.41) is 110. The van der Waals surface area contributed by atoms with E-state index in [1.807, 2.05) is 0 Å². The fourth-order valence-corrected chi connectivity index (χ4v) is 13.8. The Balaban J connectivity index is 1.71. The molecule has 0 aromatic rings. The third-order valence-electron chi connectivity index (χ3n) is 19.1. The van der Waals surface area contributed by atoms with E-state index in [1.165, 1.54) is 161 Å². The summed E-state index contributed by atoms with van der Waals surface area (Å²) in [5.74, 6) is -1.97. The quantitative estimate of drug-likeness (QED) is 0.0117. The molecule has 3 fully saturated rings. The highest BCUT2D eigenvalue weighted by atomic mass is 31.2. The van der Waals surface area contributed by atoms with Crippen LogP contribution in [0.15, 0.2) is 0 Å². The lowest BCUT2D eigenvalue weighted by Gasteiger charge is -2.49. The predicted octanol–water partition coefficient (Wildman–Crippen LogP) is 10.6. The van der Waals surface area contributed by atoms with Gasteiger partial charge in [0.2, 0.25) is 0 Å². The maximum absolute atomic E-state index is 14.3. The van der Waals surface area contributed by atoms with Crippen molar-refractivity contribution in [2.75, 3.05) is 26.4 Å². The molecular formula is C72H135O24P. The number of rotatable bonds is 60. The zero-order valence-electron chi connectivity index (χ0n) is 59.6. The smallest absolute Gasteiger partial charge is 0.463 e. The average molecular weight is 1420 g/mol. The number of unbranched alkanes of at least 4 members (excludes halogenated alkanes) is 39. The summed E-state index contributed by atoms with van der Waals surface area (Å²) in [6, 6.07) is 0. The van der Waals surface area contributed by atoms with Crippen molar-refractivity contribution in [2.24, 2.45) is 0 Å². The van der Waals surface area contributed by atoms with Gasteiger partial charge in [-0.25, -0.2) is 4.57 Å². The highest BCUT2D eigenvalue weighted by Crippen LogP contribution is 2.49. The molecule has 572 valence electrons. The number of phosphoric ester groups is 1. The molecule has 0 bridgehead atoms. The van der Waals surface area contributed by atoms with Crippen LogP contribution in [-0.2, 0) is 61.2 Å². The molecule has 0 aromatic heterocycles. The molecule has 0 aromatic carbocycles. The Morgan fingerprint density at radius 2 is 0.660 bits per heavy atom. The molecule has 24 nitrogen and oxygen atoms in total. The van der Waals surface area contributed by atoms with Gasteiger partial charge >= 0.3 is 25.7 Å². The van der Waals surface area contributed by atoms with Gasteiger partial charge in [-0.15, -0.1) is 0 Å². The van der Waals surface area contributed by atoms with E-state index < -0.39 is 156 Å². The lowest BCUT2D eigenvalue weighted by Crippen LogP contribution is -2.69. The number of aliphatic hydroxyl groups excluding tert-OH is 10. The Morgan fingerprint density at radius 1 is 0.361 bits per heavy atom. The normalized spacial score (nSPS) is 27.7. The molecule has 11 N–H and O–H groups in total. The minimum absolute atomic E-state index is 0.0340. The lowest BCUT2D eigenvalue weighted by atomic mass is 9.84. The zero-order valence-corrected chi connectivity index (χ0v) is 60.5. The van der Waals surface area contributed by atoms with Gasteiger partial charge in [-0.1, -0.05) is 271 Å². The number of hydrogen-bond donors (Lipinski definition) is 11. The fraction of sp³-hybridized carbons (Fsp3) is 0.958. The van der Waals surface area contributed by atoms with Crippen LogP contribution in [0.2, 0.25) is 0 Å². The Labute approximate surface area is 580 Å². The first kappa shape index (κ1) is 89.2. The zero-order chi connectivity index (χ0) is 71.1. The van der Waals surface area contributed by atoms with Gasteiger partial charge in [0.1, 0.15) is 98.7 Å². The van der Waals surface area contributed by atoms with Gasteiger partial charge in [0.25, 0.3) is 0 Å². The van der Waals surface area contributed by atoms with Crippen LogP contribution in [-0.4, -0.2) is 204 Å². The topological polar surface area (TPSA) is 374 Å². The van der Waals surface area contributed by atoms with Crippen molar-refractivity contribution in [1.82, 2.24) is 0 Å². The Kier molecular flexibility index (Phi) is 50.2. The van der Waals surface area contributed by atoms with E-state index >= 15 is 0 Å². The van der Waals surface area contributed by atoms with Crippen molar-refractivity contribution in [1.29, 1.82) is 0 Å². The number of hydrogen-bond acceptors (Lipinski definition) is 23. The van der Waals surface area contributed by atoms with Crippen LogP contribution in [0.5, 0.6) is 0 Å². The van der Waals surface area contributed by atoms with Crippen LogP contribution in [0.3, 0.4) is 0 Å². The van der Waals surface area contributed by atoms with Crippen molar-refractivity contribution in [3.05, 3.63) is 0 Å². The van der Waals surface area contributed by atoms with Crippen LogP contribution >= 0.6 is 7.82 Å². The summed E-state index contributed by atoms with van der Waals surface area (Å²) in [5.41, 5.74) is 0. The maximum atomic E-state index is 14.3. The Morgan fingerprint density at radius 3 is 1.01 bits per heavy atom. The minimum atomic E-state index is -5.69. The Bertz CT molecular complexity index is 2010. The van der Waals surface area contributed by atoms with Crippen LogP contribution < -0.4 is 0 Å². The summed E-state index contributed by atoms with van der Waals surface area (Å²) in [6.45, 7) is 3.46. The van der Waals surface area contributed by atoms with Gasteiger partial charge in [0.05, 0.1) is 13.2 Å². The van der Waals surface area contributed by atoms with Gasteiger partial charge in [-0.2, -0.15) is 0 Å². The van der Waals surface area contributed by atoms with Crippen LogP contribution in [0.1, 0.15) is 310 Å². The van der Waals surface area contributed by atoms with Gasteiger partial charge in [-0.3, -0.25) is 23.4 Å². The fourth-order valence-electron chi connectivity index (χ4n) is 12.9. The van der Waals surface area contributed by atoms with Gasteiger partial charge in [-0.05, 0) is 19.3 Å². The van der Waals surface area contributed by atoms with Crippen molar-refractivity contribution in [3.8, 4) is 0 Å². The van der Waals surface area contributed by atoms with E-state index in [-0.39, 0.29) is 19.3 Å². The van der Waals surface area contributed by atoms with E-state index in [1.54, 1.807) is 0 Å². The maximum Gasteiger partial charge on any atom is 0.472 e.